The van der Waals surface area contributed by atoms with E-state index in [1.165, 1.54) is 0 Å². The van der Waals surface area contributed by atoms with Gasteiger partial charge in [-0.05, 0) is 60.7 Å². The minimum atomic E-state index is -0.138. The second-order valence-corrected chi connectivity index (χ2v) is 8.09. The minimum absolute atomic E-state index is 0.135. The predicted molar refractivity (Wildman–Crippen MR) is 133 cm³/mol. The molecule has 4 aromatic rings. The number of pyridine rings is 1. The van der Waals surface area contributed by atoms with Crippen LogP contribution in [0.1, 0.15) is 23.5 Å². The van der Waals surface area contributed by atoms with Gasteiger partial charge in [0.2, 0.25) is 0 Å². The highest BCUT2D eigenvalue weighted by Gasteiger charge is 2.42. The molecule has 0 amide bonds. The van der Waals surface area contributed by atoms with E-state index in [0.29, 0.717) is 5.11 Å². The molecule has 0 bridgehead atoms. The number of ether oxygens (including phenoxy) is 2. The minimum Gasteiger partial charge on any atom is -0.497 e. The van der Waals surface area contributed by atoms with Crippen molar-refractivity contribution in [3.05, 3.63) is 103 Å². The van der Waals surface area contributed by atoms with Gasteiger partial charge in [0.1, 0.15) is 17.5 Å². The molecule has 2 aromatic carbocycles. The Bertz CT molecular complexity index is 1270. The Morgan fingerprint density at radius 2 is 1.58 bits per heavy atom. The number of hydrogen-bond acceptors (Lipinski definition) is 4. The highest BCUT2D eigenvalue weighted by atomic mass is 32.1. The van der Waals surface area contributed by atoms with Gasteiger partial charge in [0.15, 0.2) is 5.11 Å². The van der Waals surface area contributed by atoms with E-state index in [-0.39, 0.29) is 12.1 Å². The van der Waals surface area contributed by atoms with Crippen LogP contribution in [0.5, 0.6) is 11.5 Å². The maximum atomic E-state index is 5.85. The number of hydrogen-bond donors (Lipinski definition) is 1. The number of nitrogens with zero attached hydrogens (tertiary/aromatic N) is 3. The zero-order valence-electron chi connectivity index (χ0n) is 18.4. The predicted octanol–water partition coefficient (Wildman–Crippen LogP) is 5.07. The van der Waals surface area contributed by atoms with Gasteiger partial charge in [-0.3, -0.25) is 4.98 Å². The second kappa shape index (κ2) is 8.96. The summed E-state index contributed by atoms with van der Waals surface area (Å²) >= 11 is 5.85. The van der Waals surface area contributed by atoms with Crippen molar-refractivity contribution in [3.63, 3.8) is 0 Å². The van der Waals surface area contributed by atoms with Crippen molar-refractivity contribution in [1.82, 2.24) is 14.9 Å². The van der Waals surface area contributed by atoms with E-state index >= 15 is 0 Å². The van der Waals surface area contributed by atoms with Crippen molar-refractivity contribution in [3.8, 4) is 17.2 Å². The first-order chi connectivity index (χ1) is 16.2. The van der Waals surface area contributed by atoms with Crippen LogP contribution in [0.4, 0.5) is 5.69 Å². The molecule has 7 heteroatoms. The van der Waals surface area contributed by atoms with Crippen molar-refractivity contribution in [2.24, 2.45) is 0 Å². The highest BCUT2D eigenvalue weighted by Crippen LogP contribution is 2.43. The van der Waals surface area contributed by atoms with Crippen molar-refractivity contribution in [2.75, 3.05) is 19.1 Å². The van der Waals surface area contributed by atoms with E-state index in [0.717, 1.165) is 34.3 Å². The van der Waals surface area contributed by atoms with E-state index in [9.17, 15) is 0 Å². The summed E-state index contributed by atoms with van der Waals surface area (Å²) in [6, 6.07) is 25.8. The van der Waals surface area contributed by atoms with E-state index in [1.807, 2.05) is 66.9 Å². The molecule has 1 saturated heterocycles. The zero-order chi connectivity index (χ0) is 22.8. The molecule has 2 atom stereocenters. The van der Waals surface area contributed by atoms with Gasteiger partial charge in [-0.2, -0.15) is 0 Å². The first-order valence-corrected chi connectivity index (χ1v) is 11.1. The fourth-order valence-corrected chi connectivity index (χ4v) is 4.67. The van der Waals surface area contributed by atoms with Crippen molar-refractivity contribution in [2.45, 2.75) is 12.1 Å². The van der Waals surface area contributed by atoms with Gasteiger partial charge in [-0.1, -0.05) is 18.2 Å². The van der Waals surface area contributed by atoms with Crippen LogP contribution < -0.4 is 19.7 Å². The van der Waals surface area contributed by atoms with E-state index < -0.39 is 0 Å². The molecule has 3 heterocycles. The van der Waals surface area contributed by atoms with Crippen LogP contribution in [0, 0.1) is 0 Å². The summed E-state index contributed by atoms with van der Waals surface area (Å²) in [6.45, 7) is 0. The number of aromatic nitrogens is 2. The van der Waals surface area contributed by atoms with Gasteiger partial charge < -0.3 is 24.3 Å². The summed E-state index contributed by atoms with van der Waals surface area (Å²) in [5, 5.41) is 4.15. The topological polar surface area (TPSA) is 51.5 Å². The average Bonchev–Trinajstić information content (AvgIpc) is 3.49. The number of nitrogens with one attached hydrogen (secondary N) is 1. The Hall–Kier alpha value is -3.84. The van der Waals surface area contributed by atoms with Crippen LogP contribution >= 0.6 is 12.2 Å². The molecule has 1 aliphatic heterocycles. The molecule has 6 nitrogen and oxygen atoms in total. The van der Waals surface area contributed by atoms with E-state index in [4.69, 9.17) is 21.7 Å². The molecule has 0 aliphatic carbocycles. The lowest BCUT2D eigenvalue weighted by molar-refractivity contribution is 0.414. The lowest BCUT2D eigenvalue weighted by Crippen LogP contribution is -2.30. The molecule has 0 unspecified atom stereocenters. The van der Waals surface area contributed by atoms with Crippen molar-refractivity contribution in [1.29, 1.82) is 0 Å². The molecule has 33 heavy (non-hydrogen) atoms. The molecular weight excluding hydrogens is 432 g/mol. The molecule has 2 aromatic heterocycles. The largest absolute Gasteiger partial charge is 0.497 e. The van der Waals surface area contributed by atoms with Crippen LogP contribution in [0.2, 0.25) is 0 Å². The second-order valence-electron chi connectivity index (χ2n) is 7.70. The molecule has 0 radical (unpaired) electrons. The third kappa shape index (κ3) is 3.91. The van der Waals surface area contributed by atoms with Gasteiger partial charge in [0, 0.05) is 41.6 Å². The quantitative estimate of drug-likeness (QED) is 0.409. The number of rotatable bonds is 6. The Morgan fingerprint density at radius 3 is 2.27 bits per heavy atom. The summed E-state index contributed by atoms with van der Waals surface area (Å²) in [5.74, 6) is 1.58. The molecule has 166 valence electrons. The Balaban J connectivity index is 1.66. The molecule has 1 aliphatic rings. The third-order valence-corrected chi connectivity index (χ3v) is 6.16. The van der Waals surface area contributed by atoms with Crippen molar-refractivity contribution >= 4 is 23.0 Å². The molecule has 5 rings (SSSR count). The highest BCUT2D eigenvalue weighted by molar-refractivity contribution is 7.80. The summed E-state index contributed by atoms with van der Waals surface area (Å²) in [4.78, 5) is 6.79. The van der Waals surface area contributed by atoms with Crippen LogP contribution in [0.15, 0.2) is 91.3 Å². The van der Waals surface area contributed by atoms with Gasteiger partial charge in [0.25, 0.3) is 0 Å². The number of anilines is 1. The van der Waals surface area contributed by atoms with Crippen LogP contribution in [0.3, 0.4) is 0 Å². The molecule has 0 spiro atoms. The molecule has 0 saturated carbocycles. The summed E-state index contributed by atoms with van der Waals surface area (Å²) in [7, 11) is 3.35. The monoisotopic (exact) mass is 456 g/mol. The fourth-order valence-electron chi connectivity index (χ4n) is 4.32. The molecule has 1 fully saturated rings. The van der Waals surface area contributed by atoms with Crippen LogP contribution in [0.25, 0.3) is 5.69 Å². The zero-order valence-corrected chi connectivity index (χ0v) is 19.2. The Labute approximate surface area is 198 Å². The first-order valence-electron chi connectivity index (χ1n) is 10.7. The summed E-state index contributed by atoms with van der Waals surface area (Å²) in [5.41, 5.74) is 3.97. The fraction of sp³-hybridized carbons (Fsp3) is 0.154. The Kier molecular flexibility index (Phi) is 5.71. The SMILES string of the molecule is COc1cccc(N2C(=S)N[C@@H](c3ccccn3)[C@H]2c2cccn2-c2cccc(OC)c2)c1. The van der Waals surface area contributed by atoms with Crippen molar-refractivity contribution < 1.29 is 9.47 Å². The molecular formula is C26H24N4O2S. The normalized spacial score (nSPS) is 17.6. The number of methoxy groups -OCH3 is 2. The maximum Gasteiger partial charge on any atom is 0.174 e. The number of benzene rings is 2. The first kappa shape index (κ1) is 21.0. The lowest BCUT2D eigenvalue weighted by atomic mass is 10.0. The van der Waals surface area contributed by atoms with Gasteiger partial charge in [0.05, 0.1) is 26.0 Å². The van der Waals surface area contributed by atoms with Gasteiger partial charge >= 0.3 is 0 Å². The average molecular weight is 457 g/mol. The van der Waals surface area contributed by atoms with E-state index in [1.54, 1.807) is 14.2 Å². The van der Waals surface area contributed by atoms with Crippen LogP contribution in [-0.4, -0.2) is 28.9 Å². The van der Waals surface area contributed by atoms with E-state index in [2.05, 4.69) is 44.2 Å². The Morgan fingerprint density at radius 1 is 0.848 bits per heavy atom. The maximum absolute atomic E-state index is 5.85. The smallest absolute Gasteiger partial charge is 0.174 e. The summed E-state index contributed by atoms with van der Waals surface area (Å²) < 4.78 is 13.1. The number of thiocarbonyl (C=S) groups is 1. The standard InChI is InChI=1S/C26H24N4O2S/c1-31-20-10-5-8-18(16-20)29-15-7-13-23(29)25-24(22-12-3-4-14-27-22)28-26(33)30(25)19-9-6-11-21(17-19)32-2/h3-17,24-25H,1-2H3,(H,28,33)/t24-,25+/m0/s1. The third-order valence-electron chi connectivity index (χ3n) is 5.84. The van der Waals surface area contributed by atoms with Gasteiger partial charge in [-0.25, -0.2) is 0 Å². The summed E-state index contributed by atoms with van der Waals surface area (Å²) in [6.07, 6.45) is 3.87. The van der Waals surface area contributed by atoms with Gasteiger partial charge in [-0.15, -0.1) is 0 Å². The lowest BCUT2D eigenvalue weighted by Gasteiger charge is -2.29. The molecule has 1 N–H and O–H groups in total. The van der Waals surface area contributed by atoms with Crippen LogP contribution in [-0.2, 0) is 0 Å².